The summed E-state index contributed by atoms with van der Waals surface area (Å²) in [5.74, 6) is 0. The maximum atomic E-state index is 4.71. The van der Waals surface area contributed by atoms with Crippen LogP contribution in [0.1, 0.15) is 18.2 Å². The molecule has 0 bridgehead atoms. The number of hydrogen-bond acceptors (Lipinski definition) is 2. The van der Waals surface area contributed by atoms with E-state index >= 15 is 0 Å². The van der Waals surface area contributed by atoms with Crippen LogP contribution in [0.15, 0.2) is 77.4 Å². The fraction of sp³-hybridized carbons (Fsp3) is 0.111. The molecule has 0 fully saturated rings. The smallest absolute Gasteiger partial charge is 0.0881 e. The molecule has 0 N–H and O–H groups in total. The highest BCUT2D eigenvalue weighted by Gasteiger charge is 2.08. The molecular formula is C18H16N2. The van der Waals surface area contributed by atoms with E-state index in [0.29, 0.717) is 6.54 Å². The zero-order chi connectivity index (χ0) is 13.8. The predicted octanol–water partition coefficient (Wildman–Crippen LogP) is 3.91. The van der Waals surface area contributed by atoms with Crippen LogP contribution in [0.5, 0.6) is 0 Å². The molecule has 1 aliphatic rings. The molecule has 2 heterocycles. The van der Waals surface area contributed by atoms with Crippen LogP contribution >= 0.6 is 0 Å². The van der Waals surface area contributed by atoms with Gasteiger partial charge in [0.25, 0.3) is 0 Å². The molecule has 0 saturated carbocycles. The van der Waals surface area contributed by atoms with Crippen molar-refractivity contribution in [3.05, 3.63) is 83.7 Å². The van der Waals surface area contributed by atoms with Crippen LogP contribution in [0.4, 0.5) is 0 Å². The van der Waals surface area contributed by atoms with E-state index in [2.05, 4.69) is 48.3 Å². The molecule has 20 heavy (non-hydrogen) atoms. The molecule has 0 aliphatic carbocycles. The number of hydrogen-bond donors (Lipinski definition) is 0. The van der Waals surface area contributed by atoms with Gasteiger partial charge in [0.2, 0.25) is 0 Å². The van der Waals surface area contributed by atoms with Gasteiger partial charge in [0, 0.05) is 6.20 Å². The highest BCUT2D eigenvalue weighted by molar-refractivity contribution is 6.08. The summed E-state index contributed by atoms with van der Waals surface area (Å²) in [7, 11) is 0. The van der Waals surface area contributed by atoms with E-state index in [0.717, 1.165) is 11.4 Å². The van der Waals surface area contributed by atoms with Crippen LogP contribution < -0.4 is 0 Å². The Morgan fingerprint density at radius 3 is 2.45 bits per heavy atom. The zero-order valence-corrected chi connectivity index (χ0v) is 11.5. The number of nitrogens with zero attached hydrogens (tertiary/aromatic N) is 2. The molecular weight excluding hydrogens is 244 g/mol. The first-order valence-electron chi connectivity index (χ1n) is 6.73. The Hall–Kier alpha value is -2.48. The Bertz CT molecular complexity index is 680. The van der Waals surface area contributed by atoms with Gasteiger partial charge in [-0.1, -0.05) is 42.5 Å². The number of allylic oxidation sites excluding steroid dienone is 3. The van der Waals surface area contributed by atoms with Gasteiger partial charge in [-0.05, 0) is 41.8 Å². The summed E-state index contributed by atoms with van der Waals surface area (Å²) in [5.41, 5.74) is 5.54. The van der Waals surface area contributed by atoms with E-state index in [1.54, 1.807) is 6.20 Å². The van der Waals surface area contributed by atoms with Crippen LogP contribution in [-0.2, 0) is 0 Å². The van der Waals surface area contributed by atoms with E-state index in [1.807, 2.05) is 24.3 Å². The first-order chi connectivity index (χ1) is 9.83. The van der Waals surface area contributed by atoms with Crippen molar-refractivity contribution in [2.24, 2.45) is 4.99 Å². The van der Waals surface area contributed by atoms with Gasteiger partial charge in [-0.25, -0.2) is 0 Å². The van der Waals surface area contributed by atoms with Gasteiger partial charge in [-0.15, -0.1) is 0 Å². The monoisotopic (exact) mass is 260 g/mol. The molecule has 3 rings (SSSR count). The maximum absolute atomic E-state index is 4.71. The number of aliphatic imine (C=N–C) groups is 1. The van der Waals surface area contributed by atoms with Crippen molar-refractivity contribution >= 4 is 11.3 Å². The van der Waals surface area contributed by atoms with Gasteiger partial charge in [0.1, 0.15) is 0 Å². The van der Waals surface area contributed by atoms with Crippen molar-refractivity contribution < 1.29 is 0 Å². The third kappa shape index (κ3) is 2.75. The minimum absolute atomic E-state index is 0.684. The molecule has 0 unspecified atom stereocenters. The Morgan fingerprint density at radius 2 is 1.70 bits per heavy atom. The minimum atomic E-state index is 0.684. The van der Waals surface area contributed by atoms with E-state index in [-0.39, 0.29) is 0 Å². The lowest BCUT2D eigenvalue weighted by atomic mass is 10.0. The van der Waals surface area contributed by atoms with Crippen molar-refractivity contribution in [3.8, 4) is 0 Å². The largest absolute Gasteiger partial charge is 0.278 e. The van der Waals surface area contributed by atoms with Crippen molar-refractivity contribution in [2.45, 2.75) is 6.92 Å². The SMILES string of the molecule is CC1=CC(c2ccccn2)=NCC(c2ccccc2)=C1. The molecule has 1 aliphatic heterocycles. The summed E-state index contributed by atoms with van der Waals surface area (Å²) in [6.07, 6.45) is 6.10. The fourth-order valence-electron chi connectivity index (χ4n) is 2.29. The van der Waals surface area contributed by atoms with E-state index in [4.69, 9.17) is 4.99 Å². The number of rotatable bonds is 2. The van der Waals surface area contributed by atoms with Crippen molar-refractivity contribution in [1.82, 2.24) is 4.98 Å². The number of benzene rings is 1. The summed E-state index contributed by atoms with van der Waals surface area (Å²) in [6, 6.07) is 16.3. The molecule has 1 aromatic carbocycles. The summed E-state index contributed by atoms with van der Waals surface area (Å²) in [4.78, 5) is 9.09. The molecule has 2 nitrogen and oxygen atoms in total. The number of aromatic nitrogens is 1. The van der Waals surface area contributed by atoms with Crippen molar-refractivity contribution in [2.75, 3.05) is 6.54 Å². The van der Waals surface area contributed by atoms with Crippen LogP contribution in [0, 0.1) is 0 Å². The highest BCUT2D eigenvalue weighted by Crippen LogP contribution is 2.20. The van der Waals surface area contributed by atoms with Gasteiger partial charge in [-0.2, -0.15) is 0 Å². The lowest BCUT2D eigenvalue weighted by Gasteiger charge is -2.04. The summed E-state index contributed by atoms with van der Waals surface area (Å²) >= 11 is 0. The van der Waals surface area contributed by atoms with Gasteiger partial charge in [-0.3, -0.25) is 9.98 Å². The van der Waals surface area contributed by atoms with Gasteiger partial charge in [0.15, 0.2) is 0 Å². The molecule has 2 aromatic rings. The van der Waals surface area contributed by atoms with Gasteiger partial charge in [0.05, 0.1) is 18.0 Å². The standard InChI is InChI=1S/C18H16N2/c1-14-11-16(15-7-3-2-4-8-15)13-20-18(12-14)17-9-5-6-10-19-17/h2-12H,13H2,1H3. The topological polar surface area (TPSA) is 25.2 Å². The predicted molar refractivity (Wildman–Crippen MR) is 83.8 cm³/mol. The third-order valence-corrected chi connectivity index (χ3v) is 3.26. The average Bonchev–Trinajstić information content (AvgIpc) is 2.71. The van der Waals surface area contributed by atoms with Crippen molar-refractivity contribution in [1.29, 1.82) is 0 Å². The first-order valence-corrected chi connectivity index (χ1v) is 6.73. The second-order valence-electron chi connectivity index (χ2n) is 4.84. The molecule has 0 saturated heterocycles. The summed E-state index contributed by atoms with van der Waals surface area (Å²) in [6.45, 7) is 2.79. The van der Waals surface area contributed by atoms with E-state index in [1.165, 1.54) is 16.7 Å². The lowest BCUT2D eigenvalue weighted by molar-refractivity contribution is 1.23. The zero-order valence-electron chi connectivity index (χ0n) is 11.5. The average molecular weight is 260 g/mol. The second kappa shape index (κ2) is 5.66. The van der Waals surface area contributed by atoms with Gasteiger partial charge < -0.3 is 0 Å². The Kier molecular flexibility index (Phi) is 3.55. The summed E-state index contributed by atoms with van der Waals surface area (Å²) in [5, 5.41) is 0. The Labute approximate surface area is 119 Å². The maximum Gasteiger partial charge on any atom is 0.0881 e. The van der Waals surface area contributed by atoms with Crippen LogP contribution in [0.25, 0.3) is 5.57 Å². The number of pyridine rings is 1. The van der Waals surface area contributed by atoms with Gasteiger partial charge >= 0.3 is 0 Å². The third-order valence-electron chi connectivity index (χ3n) is 3.26. The molecule has 0 amide bonds. The molecule has 0 radical (unpaired) electrons. The second-order valence-corrected chi connectivity index (χ2v) is 4.84. The fourth-order valence-corrected chi connectivity index (χ4v) is 2.29. The molecule has 0 spiro atoms. The molecule has 1 aromatic heterocycles. The lowest BCUT2D eigenvalue weighted by Crippen LogP contribution is -2.01. The minimum Gasteiger partial charge on any atom is -0.278 e. The Morgan fingerprint density at radius 1 is 0.900 bits per heavy atom. The highest BCUT2D eigenvalue weighted by atomic mass is 14.8. The normalized spacial score (nSPS) is 14.9. The quantitative estimate of drug-likeness (QED) is 0.803. The van der Waals surface area contributed by atoms with Crippen LogP contribution in [0.3, 0.4) is 0 Å². The van der Waals surface area contributed by atoms with E-state index < -0.39 is 0 Å². The van der Waals surface area contributed by atoms with Crippen molar-refractivity contribution in [3.63, 3.8) is 0 Å². The van der Waals surface area contributed by atoms with Crippen LogP contribution in [0.2, 0.25) is 0 Å². The Balaban J connectivity index is 1.95. The molecule has 0 atom stereocenters. The first kappa shape index (κ1) is 12.5. The molecule has 2 heteroatoms. The summed E-state index contributed by atoms with van der Waals surface area (Å²) < 4.78 is 0. The molecule has 98 valence electrons. The van der Waals surface area contributed by atoms with Crippen LogP contribution in [-0.4, -0.2) is 17.2 Å². The van der Waals surface area contributed by atoms with E-state index in [9.17, 15) is 0 Å².